The van der Waals surface area contributed by atoms with Gasteiger partial charge in [-0.05, 0) is 35.6 Å². The second kappa shape index (κ2) is 6.31. The molecule has 0 aliphatic carbocycles. The van der Waals surface area contributed by atoms with Gasteiger partial charge in [-0.1, -0.05) is 12.2 Å². The van der Waals surface area contributed by atoms with E-state index in [4.69, 9.17) is 0 Å². The number of aromatic nitrogens is 1. The Kier molecular flexibility index (Phi) is 5.27. The van der Waals surface area contributed by atoms with E-state index in [1.165, 1.54) is 12.2 Å². The summed E-state index contributed by atoms with van der Waals surface area (Å²) in [5.41, 5.74) is 0. The first-order valence-electron chi connectivity index (χ1n) is 5.08. The summed E-state index contributed by atoms with van der Waals surface area (Å²) >= 11 is 1.63. The number of pyridine rings is 1. The molecule has 0 aliphatic rings. The highest BCUT2D eigenvalue weighted by Gasteiger charge is 2.43. The largest absolute Gasteiger partial charge is 0.471 e. The van der Waals surface area contributed by atoms with Gasteiger partial charge in [-0.25, -0.2) is 9.37 Å². The lowest BCUT2D eigenvalue weighted by atomic mass is 10.3. The van der Waals surface area contributed by atoms with E-state index in [0.717, 1.165) is 12.3 Å². The number of amides is 1. The first-order valence-corrected chi connectivity index (χ1v) is 6.16. The van der Waals surface area contributed by atoms with Crippen LogP contribution in [0.1, 0.15) is 6.92 Å². The number of allylic oxidation sites excluding steroid dienone is 1. The van der Waals surface area contributed by atoms with Gasteiger partial charge < -0.3 is 0 Å². The normalized spacial score (nSPS) is 11.9. The molecule has 1 aromatic heterocycles. The number of carbonyl (C=O) groups is 1. The number of nitrogens with zero attached hydrogens (tertiary/aromatic N) is 2. The Labute approximate surface area is 120 Å². The van der Waals surface area contributed by atoms with Gasteiger partial charge in [0.2, 0.25) is 0 Å². The Bertz CT molecular complexity index is 502. The van der Waals surface area contributed by atoms with Crippen molar-refractivity contribution in [1.29, 1.82) is 0 Å². The van der Waals surface area contributed by atoms with Crippen molar-refractivity contribution in [3.63, 3.8) is 0 Å². The van der Waals surface area contributed by atoms with Crippen molar-refractivity contribution in [3.8, 4) is 0 Å². The first kappa shape index (κ1) is 15.9. The van der Waals surface area contributed by atoms with E-state index < -0.39 is 17.9 Å². The Balaban J connectivity index is 3.20. The average molecular weight is 388 g/mol. The van der Waals surface area contributed by atoms with Crippen molar-refractivity contribution < 1.29 is 22.4 Å². The molecule has 1 aromatic rings. The predicted molar refractivity (Wildman–Crippen MR) is 70.1 cm³/mol. The smallest absolute Gasteiger partial charge is 0.284 e. The van der Waals surface area contributed by atoms with Crippen LogP contribution in [0, 0.1) is 9.39 Å². The van der Waals surface area contributed by atoms with E-state index in [0.29, 0.717) is 4.90 Å². The van der Waals surface area contributed by atoms with Crippen LogP contribution in [0.25, 0.3) is 0 Å². The quantitative estimate of drug-likeness (QED) is 0.453. The van der Waals surface area contributed by atoms with Gasteiger partial charge >= 0.3 is 12.1 Å². The molecule has 0 N–H and O–H groups in total. The van der Waals surface area contributed by atoms with E-state index in [1.54, 1.807) is 29.5 Å². The standard InChI is InChI=1S/C11H9F4IN2O/c1-2-3-4-18(10(19)11(13,14)15)9-8(16)5-7(12)6-17-9/h2-3,5-6H,4H2,1H3/b3-2+. The van der Waals surface area contributed by atoms with Gasteiger partial charge in [-0.3, -0.25) is 9.69 Å². The van der Waals surface area contributed by atoms with Crippen molar-refractivity contribution in [2.75, 3.05) is 11.4 Å². The molecule has 0 radical (unpaired) electrons. The van der Waals surface area contributed by atoms with Crippen LogP contribution in [0.5, 0.6) is 0 Å². The molecule has 0 saturated heterocycles. The number of anilines is 1. The van der Waals surface area contributed by atoms with Crippen LogP contribution < -0.4 is 4.90 Å². The minimum absolute atomic E-state index is 0.125. The summed E-state index contributed by atoms with van der Waals surface area (Å²) in [5, 5.41) is 0. The van der Waals surface area contributed by atoms with Crippen molar-refractivity contribution in [2.45, 2.75) is 13.1 Å². The summed E-state index contributed by atoms with van der Waals surface area (Å²) in [5.74, 6) is -2.94. The van der Waals surface area contributed by atoms with Crippen LogP contribution in [0.4, 0.5) is 23.4 Å². The van der Waals surface area contributed by atoms with Gasteiger partial charge in [-0.2, -0.15) is 13.2 Å². The Morgan fingerprint density at radius 2 is 2.16 bits per heavy atom. The summed E-state index contributed by atoms with van der Waals surface area (Å²) in [4.78, 5) is 15.4. The minimum atomic E-state index is -5.01. The van der Waals surface area contributed by atoms with Gasteiger partial charge in [0.15, 0.2) is 0 Å². The summed E-state index contributed by atoms with van der Waals surface area (Å²) in [6, 6.07) is 1.01. The number of halogens is 5. The maximum absolute atomic E-state index is 12.9. The lowest BCUT2D eigenvalue weighted by Gasteiger charge is -2.22. The molecule has 0 aromatic carbocycles. The molecule has 19 heavy (non-hydrogen) atoms. The van der Waals surface area contributed by atoms with E-state index in [1.807, 2.05) is 0 Å². The summed E-state index contributed by atoms with van der Waals surface area (Å²) in [6.45, 7) is 1.32. The molecular formula is C11H9F4IN2O. The molecule has 0 bridgehead atoms. The summed E-state index contributed by atoms with van der Waals surface area (Å²) < 4.78 is 50.5. The Morgan fingerprint density at radius 1 is 1.53 bits per heavy atom. The van der Waals surface area contributed by atoms with Gasteiger partial charge in [0.05, 0.1) is 9.77 Å². The zero-order chi connectivity index (χ0) is 14.6. The highest BCUT2D eigenvalue weighted by molar-refractivity contribution is 14.1. The van der Waals surface area contributed by atoms with Crippen molar-refractivity contribution in [1.82, 2.24) is 4.98 Å². The molecule has 0 saturated carbocycles. The highest BCUT2D eigenvalue weighted by Crippen LogP contribution is 2.26. The Morgan fingerprint density at radius 3 is 2.63 bits per heavy atom. The third-order valence-electron chi connectivity index (χ3n) is 2.06. The molecule has 3 nitrogen and oxygen atoms in total. The molecule has 1 amide bonds. The van der Waals surface area contributed by atoms with E-state index >= 15 is 0 Å². The second-order valence-electron chi connectivity index (χ2n) is 3.44. The fourth-order valence-corrected chi connectivity index (χ4v) is 1.96. The van der Waals surface area contributed by atoms with Crippen LogP contribution in [-0.4, -0.2) is 23.6 Å². The molecule has 0 atom stereocenters. The van der Waals surface area contributed by atoms with E-state index in [-0.39, 0.29) is 15.9 Å². The molecule has 0 aliphatic heterocycles. The third kappa shape index (κ3) is 4.15. The Hall–Kier alpha value is -1.19. The number of hydrogen-bond acceptors (Lipinski definition) is 2. The predicted octanol–water partition coefficient (Wildman–Crippen LogP) is 3.30. The van der Waals surface area contributed by atoms with Crippen LogP contribution in [0.3, 0.4) is 0 Å². The topological polar surface area (TPSA) is 33.2 Å². The molecule has 1 rings (SSSR count). The monoisotopic (exact) mass is 388 g/mol. The molecule has 0 spiro atoms. The number of rotatable bonds is 3. The summed E-state index contributed by atoms with van der Waals surface area (Å²) in [7, 11) is 0. The van der Waals surface area contributed by atoms with Crippen LogP contribution in [-0.2, 0) is 4.79 Å². The van der Waals surface area contributed by atoms with Crippen LogP contribution in [0.15, 0.2) is 24.4 Å². The second-order valence-corrected chi connectivity index (χ2v) is 4.60. The number of alkyl halides is 3. The molecule has 104 valence electrons. The SMILES string of the molecule is C/C=C/CN(C(=O)C(F)(F)F)c1ncc(F)cc1I. The van der Waals surface area contributed by atoms with Gasteiger partial charge in [-0.15, -0.1) is 0 Å². The molecule has 8 heteroatoms. The van der Waals surface area contributed by atoms with Crippen LogP contribution in [0.2, 0.25) is 0 Å². The molecule has 0 fully saturated rings. The minimum Gasteiger partial charge on any atom is -0.284 e. The lowest BCUT2D eigenvalue weighted by molar-refractivity contribution is -0.170. The van der Waals surface area contributed by atoms with Gasteiger partial charge in [0, 0.05) is 6.54 Å². The fraction of sp³-hybridized carbons (Fsp3) is 0.273. The maximum Gasteiger partial charge on any atom is 0.471 e. The molecule has 0 unspecified atom stereocenters. The van der Waals surface area contributed by atoms with Crippen LogP contribution >= 0.6 is 22.6 Å². The first-order chi connectivity index (χ1) is 8.77. The maximum atomic E-state index is 12.9. The van der Waals surface area contributed by atoms with Crippen molar-refractivity contribution in [2.24, 2.45) is 0 Å². The number of hydrogen-bond donors (Lipinski definition) is 0. The van der Waals surface area contributed by atoms with E-state index in [2.05, 4.69) is 4.98 Å². The highest BCUT2D eigenvalue weighted by atomic mass is 127. The van der Waals surface area contributed by atoms with Crippen molar-refractivity contribution >= 4 is 34.3 Å². The molecular weight excluding hydrogens is 379 g/mol. The third-order valence-corrected chi connectivity index (χ3v) is 2.85. The van der Waals surface area contributed by atoms with Gasteiger partial charge in [0.1, 0.15) is 11.6 Å². The zero-order valence-electron chi connectivity index (χ0n) is 9.71. The van der Waals surface area contributed by atoms with E-state index in [9.17, 15) is 22.4 Å². The average Bonchev–Trinajstić information content (AvgIpc) is 2.30. The fourth-order valence-electron chi connectivity index (χ4n) is 1.24. The van der Waals surface area contributed by atoms with Crippen molar-refractivity contribution in [3.05, 3.63) is 33.8 Å². The molecule has 1 heterocycles. The summed E-state index contributed by atoms with van der Waals surface area (Å²) in [6.07, 6.45) is -1.36. The zero-order valence-corrected chi connectivity index (χ0v) is 11.9. The van der Waals surface area contributed by atoms with Gasteiger partial charge in [0.25, 0.3) is 0 Å². The number of carbonyl (C=O) groups excluding carboxylic acids is 1. The lowest BCUT2D eigenvalue weighted by Crippen LogP contribution is -2.42.